The van der Waals surface area contributed by atoms with Gasteiger partial charge < -0.3 is 0 Å². The molecule has 0 N–H and O–H groups in total. The van der Waals surface area contributed by atoms with Gasteiger partial charge >= 0.3 is 0 Å². The van der Waals surface area contributed by atoms with Crippen LogP contribution in [-0.2, 0) is 10.8 Å². The molecule has 4 aromatic rings. The molecule has 2 aliphatic carbocycles. The standard InChI is InChI=1S/C30H26/c1-29(2)25-11-7-5-9-21(25)23-17-19(13-15-27(23)29)20-14-16-28-24(18-20)22-10-6-8-12-26(22)30(28,3)4/h5-18H,1-4H3. The molecule has 0 saturated heterocycles. The molecule has 2 aliphatic rings. The van der Waals surface area contributed by atoms with Gasteiger partial charge in [-0.25, -0.2) is 0 Å². The monoisotopic (exact) mass is 386 g/mol. The van der Waals surface area contributed by atoms with Gasteiger partial charge in [0.1, 0.15) is 0 Å². The second-order valence-electron chi connectivity index (χ2n) is 9.86. The first-order chi connectivity index (χ1) is 14.4. The summed E-state index contributed by atoms with van der Waals surface area (Å²) < 4.78 is 0. The van der Waals surface area contributed by atoms with Gasteiger partial charge in [0.05, 0.1) is 0 Å². The predicted molar refractivity (Wildman–Crippen MR) is 127 cm³/mol. The summed E-state index contributed by atoms with van der Waals surface area (Å²) in [7, 11) is 0. The minimum absolute atomic E-state index is 0.0609. The van der Waals surface area contributed by atoms with Crippen LogP contribution in [0.25, 0.3) is 33.4 Å². The Balaban J connectivity index is 1.53. The third-order valence-corrected chi connectivity index (χ3v) is 7.50. The van der Waals surface area contributed by atoms with Crippen molar-refractivity contribution in [1.29, 1.82) is 0 Å². The number of fused-ring (bicyclic) bond motifs is 6. The molecular weight excluding hydrogens is 360 g/mol. The van der Waals surface area contributed by atoms with Gasteiger partial charge in [0.2, 0.25) is 0 Å². The minimum Gasteiger partial charge on any atom is -0.0619 e. The third kappa shape index (κ3) is 2.17. The van der Waals surface area contributed by atoms with Crippen LogP contribution >= 0.6 is 0 Å². The quantitative estimate of drug-likeness (QED) is 0.311. The van der Waals surface area contributed by atoms with E-state index in [-0.39, 0.29) is 10.8 Å². The number of rotatable bonds is 1. The number of benzene rings is 4. The Kier molecular flexibility index (Phi) is 3.38. The Labute approximate surface area is 179 Å². The van der Waals surface area contributed by atoms with Crippen molar-refractivity contribution in [3.63, 3.8) is 0 Å². The molecule has 4 aromatic carbocycles. The van der Waals surface area contributed by atoms with Crippen LogP contribution in [0.15, 0.2) is 84.9 Å². The fourth-order valence-electron chi connectivity index (χ4n) is 5.80. The summed E-state index contributed by atoms with van der Waals surface area (Å²) >= 11 is 0. The van der Waals surface area contributed by atoms with Crippen molar-refractivity contribution >= 4 is 0 Å². The van der Waals surface area contributed by atoms with E-state index in [1.54, 1.807) is 0 Å². The second kappa shape index (κ2) is 5.73. The Morgan fingerprint density at radius 3 is 1.20 bits per heavy atom. The molecule has 6 rings (SSSR count). The first kappa shape index (κ1) is 17.7. The summed E-state index contributed by atoms with van der Waals surface area (Å²) in [6.45, 7) is 9.36. The normalized spacial score (nSPS) is 16.5. The minimum atomic E-state index is 0.0609. The maximum atomic E-state index is 2.40. The maximum absolute atomic E-state index is 2.40. The average molecular weight is 387 g/mol. The molecule has 0 saturated carbocycles. The van der Waals surface area contributed by atoms with E-state index in [1.165, 1.54) is 55.6 Å². The van der Waals surface area contributed by atoms with E-state index in [9.17, 15) is 0 Å². The van der Waals surface area contributed by atoms with Crippen molar-refractivity contribution in [1.82, 2.24) is 0 Å². The first-order valence-electron chi connectivity index (χ1n) is 10.9. The Morgan fingerprint density at radius 2 is 0.767 bits per heavy atom. The Bertz CT molecular complexity index is 1230. The summed E-state index contributed by atoms with van der Waals surface area (Å²) in [5, 5.41) is 0. The molecule has 0 atom stereocenters. The number of hydrogen-bond donors (Lipinski definition) is 0. The van der Waals surface area contributed by atoms with Crippen LogP contribution < -0.4 is 0 Å². The van der Waals surface area contributed by atoms with Crippen LogP contribution in [0.4, 0.5) is 0 Å². The molecule has 0 unspecified atom stereocenters. The highest BCUT2D eigenvalue weighted by molar-refractivity contribution is 5.87. The van der Waals surface area contributed by atoms with E-state index in [0.29, 0.717) is 0 Å². The Morgan fingerprint density at radius 1 is 0.400 bits per heavy atom. The lowest BCUT2D eigenvalue weighted by molar-refractivity contribution is 0.660. The van der Waals surface area contributed by atoms with E-state index in [0.717, 1.165) is 0 Å². The van der Waals surface area contributed by atoms with Crippen molar-refractivity contribution < 1.29 is 0 Å². The molecule has 30 heavy (non-hydrogen) atoms. The van der Waals surface area contributed by atoms with E-state index >= 15 is 0 Å². The van der Waals surface area contributed by atoms with Gasteiger partial charge in [0.15, 0.2) is 0 Å². The molecule has 146 valence electrons. The highest BCUT2D eigenvalue weighted by Gasteiger charge is 2.36. The van der Waals surface area contributed by atoms with Crippen molar-refractivity contribution in [3.8, 4) is 33.4 Å². The fraction of sp³-hybridized carbons (Fsp3) is 0.200. The molecule has 0 nitrogen and oxygen atoms in total. The molecule has 0 fully saturated rings. The van der Waals surface area contributed by atoms with E-state index in [4.69, 9.17) is 0 Å². The summed E-state index contributed by atoms with van der Waals surface area (Å²) in [5.41, 5.74) is 14.0. The largest absolute Gasteiger partial charge is 0.0619 e. The zero-order chi connectivity index (χ0) is 20.7. The van der Waals surface area contributed by atoms with Crippen LogP contribution in [-0.4, -0.2) is 0 Å². The van der Waals surface area contributed by atoms with Gasteiger partial charge in [-0.05, 0) is 67.8 Å². The summed E-state index contributed by atoms with van der Waals surface area (Å²) in [6, 6.07) is 31.8. The third-order valence-electron chi connectivity index (χ3n) is 7.50. The second-order valence-corrected chi connectivity index (χ2v) is 9.86. The molecule has 0 radical (unpaired) electrons. The maximum Gasteiger partial charge on any atom is 0.0158 e. The van der Waals surface area contributed by atoms with Crippen LogP contribution in [0.3, 0.4) is 0 Å². The molecule has 0 heteroatoms. The zero-order valence-electron chi connectivity index (χ0n) is 18.1. The predicted octanol–water partition coefficient (Wildman–Crippen LogP) is 7.97. The van der Waals surface area contributed by atoms with Crippen molar-refractivity contribution in [2.75, 3.05) is 0 Å². The lowest BCUT2D eigenvalue weighted by Gasteiger charge is -2.22. The molecule has 0 aromatic heterocycles. The van der Waals surface area contributed by atoms with Crippen LogP contribution in [0.5, 0.6) is 0 Å². The first-order valence-corrected chi connectivity index (χ1v) is 10.9. The van der Waals surface area contributed by atoms with Crippen LogP contribution in [0.2, 0.25) is 0 Å². The average Bonchev–Trinajstić information content (AvgIpc) is 3.14. The Hall–Kier alpha value is -3.12. The van der Waals surface area contributed by atoms with Crippen molar-refractivity contribution in [3.05, 3.63) is 107 Å². The van der Waals surface area contributed by atoms with Crippen molar-refractivity contribution in [2.24, 2.45) is 0 Å². The van der Waals surface area contributed by atoms with Gasteiger partial charge in [0.25, 0.3) is 0 Å². The lowest BCUT2D eigenvalue weighted by atomic mass is 9.81. The zero-order valence-corrected chi connectivity index (χ0v) is 18.1. The summed E-state index contributed by atoms with van der Waals surface area (Å²) in [6.07, 6.45) is 0. The fourth-order valence-corrected chi connectivity index (χ4v) is 5.80. The molecule has 0 aliphatic heterocycles. The summed E-state index contributed by atoms with van der Waals surface area (Å²) in [5.74, 6) is 0. The van der Waals surface area contributed by atoms with Gasteiger partial charge in [-0.3, -0.25) is 0 Å². The molecule has 0 amide bonds. The van der Waals surface area contributed by atoms with Crippen LogP contribution in [0.1, 0.15) is 49.9 Å². The van der Waals surface area contributed by atoms with E-state index in [2.05, 4.69) is 113 Å². The SMILES string of the molecule is CC1(C)c2ccccc2-c2cc(-c3ccc4c(c3)-c3ccccc3C4(C)C)ccc21. The molecule has 0 heterocycles. The van der Waals surface area contributed by atoms with E-state index < -0.39 is 0 Å². The molecular formula is C30H26. The van der Waals surface area contributed by atoms with Crippen molar-refractivity contribution in [2.45, 2.75) is 38.5 Å². The highest BCUT2D eigenvalue weighted by atomic mass is 14.4. The van der Waals surface area contributed by atoms with Gasteiger partial charge in [-0.15, -0.1) is 0 Å². The van der Waals surface area contributed by atoms with Gasteiger partial charge in [0, 0.05) is 10.8 Å². The smallest absolute Gasteiger partial charge is 0.0158 e. The molecule has 0 spiro atoms. The summed E-state index contributed by atoms with van der Waals surface area (Å²) in [4.78, 5) is 0. The van der Waals surface area contributed by atoms with Crippen LogP contribution in [0, 0.1) is 0 Å². The number of hydrogen-bond acceptors (Lipinski definition) is 0. The van der Waals surface area contributed by atoms with Gasteiger partial charge in [-0.2, -0.15) is 0 Å². The van der Waals surface area contributed by atoms with E-state index in [1.807, 2.05) is 0 Å². The molecule has 0 bridgehead atoms. The van der Waals surface area contributed by atoms with Gasteiger partial charge in [-0.1, -0.05) is 100 Å². The topological polar surface area (TPSA) is 0 Å². The highest BCUT2D eigenvalue weighted by Crippen LogP contribution is 2.51. The lowest BCUT2D eigenvalue weighted by Crippen LogP contribution is -2.14.